The second kappa shape index (κ2) is 7.40. The number of rotatable bonds is 3. The van der Waals surface area contributed by atoms with Gasteiger partial charge in [0.05, 0.1) is 18.5 Å². The van der Waals surface area contributed by atoms with E-state index in [2.05, 4.69) is 34.6 Å². The van der Waals surface area contributed by atoms with Gasteiger partial charge in [0, 0.05) is 6.07 Å². The van der Waals surface area contributed by atoms with Gasteiger partial charge >= 0.3 is 5.97 Å². The average molecular weight is 381 g/mol. The van der Waals surface area contributed by atoms with E-state index in [1.165, 1.54) is 16.7 Å². The van der Waals surface area contributed by atoms with Gasteiger partial charge in [-0.2, -0.15) is 0 Å². The molecule has 0 aromatic heterocycles. The first-order valence-electron chi connectivity index (χ1n) is 9.47. The fourth-order valence-corrected chi connectivity index (χ4v) is 4.04. The molecule has 0 spiro atoms. The first-order chi connectivity index (χ1) is 13.1. The van der Waals surface area contributed by atoms with Crippen LogP contribution in [0.2, 0.25) is 0 Å². The molecule has 0 saturated carbocycles. The zero-order valence-corrected chi connectivity index (χ0v) is 17.4. The number of carbonyl (C=O) groups is 2. The number of hydrogen-bond acceptors (Lipinski definition) is 5. The molecule has 0 fully saturated rings. The maximum absolute atomic E-state index is 12.9. The molecule has 2 aromatic rings. The summed E-state index contributed by atoms with van der Waals surface area (Å²) in [6.07, 6.45) is -0.0720. The van der Waals surface area contributed by atoms with Crippen molar-refractivity contribution in [3.63, 3.8) is 0 Å². The van der Waals surface area contributed by atoms with E-state index in [-0.39, 0.29) is 18.4 Å². The van der Waals surface area contributed by atoms with Crippen LogP contribution >= 0.6 is 0 Å². The van der Waals surface area contributed by atoms with Crippen molar-refractivity contribution in [3.05, 3.63) is 56.6 Å². The topological polar surface area (TPSA) is 78.6 Å². The molecule has 1 aliphatic rings. The molecule has 5 nitrogen and oxygen atoms in total. The van der Waals surface area contributed by atoms with Crippen molar-refractivity contribution in [2.75, 3.05) is 6.54 Å². The third-order valence-electron chi connectivity index (χ3n) is 5.97. The first kappa shape index (κ1) is 20.1. The number of nitrogens with two attached hydrogens (primary N) is 1. The summed E-state index contributed by atoms with van der Waals surface area (Å²) in [5.74, 6) is 0.297. The summed E-state index contributed by atoms with van der Waals surface area (Å²) in [5, 5.41) is 0. The maximum Gasteiger partial charge on any atom is 0.325 e. The van der Waals surface area contributed by atoms with Crippen molar-refractivity contribution >= 4 is 11.8 Å². The number of benzene rings is 2. The fraction of sp³-hybridized carbons (Fsp3) is 0.391. The molecule has 3 rings (SSSR count). The number of Topliss-reactive ketones (excluding diaryl/α,β-unsaturated/α-hetero) is 1. The van der Waals surface area contributed by atoms with Crippen LogP contribution in [0.5, 0.6) is 11.5 Å². The number of aryl methyl sites for hydroxylation is 1. The number of ketones is 1. The molecule has 5 heteroatoms. The number of esters is 1. The zero-order chi connectivity index (χ0) is 20.7. The average Bonchev–Trinajstić information content (AvgIpc) is 2.64. The molecule has 2 aromatic carbocycles. The molecule has 1 heterocycles. The van der Waals surface area contributed by atoms with Crippen molar-refractivity contribution in [2.24, 2.45) is 5.73 Å². The van der Waals surface area contributed by atoms with E-state index >= 15 is 0 Å². The van der Waals surface area contributed by atoms with Crippen LogP contribution in [-0.2, 0) is 4.79 Å². The minimum atomic E-state index is -0.533. The highest BCUT2D eigenvalue weighted by Crippen LogP contribution is 2.42. The highest BCUT2D eigenvalue weighted by molar-refractivity contribution is 6.01. The van der Waals surface area contributed by atoms with Gasteiger partial charge in [-0.25, -0.2) is 0 Å². The Labute approximate surface area is 165 Å². The normalized spacial score (nSPS) is 15.8. The Morgan fingerprint density at radius 1 is 1.04 bits per heavy atom. The third-order valence-corrected chi connectivity index (χ3v) is 5.97. The number of hydrogen-bond donors (Lipinski definition) is 1. The van der Waals surface area contributed by atoms with Gasteiger partial charge in [-0.1, -0.05) is 0 Å². The predicted octanol–water partition coefficient (Wildman–Crippen LogP) is 4.11. The molecule has 1 unspecified atom stereocenters. The summed E-state index contributed by atoms with van der Waals surface area (Å²) in [6, 6.07) is 3.28. The molecule has 148 valence electrons. The Morgan fingerprint density at radius 3 is 2.18 bits per heavy atom. The minimum Gasteiger partial charge on any atom is -0.484 e. The summed E-state index contributed by atoms with van der Waals surface area (Å²) >= 11 is 0. The van der Waals surface area contributed by atoms with Gasteiger partial charge in [0.15, 0.2) is 5.78 Å². The van der Waals surface area contributed by atoms with Crippen LogP contribution in [0.3, 0.4) is 0 Å². The summed E-state index contributed by atoms with van der Waals surface area (Å²) in [5.41, 5.74) is 13.7. The van der Waals surface area contributed by atoms with Gasteiger partial charge in [-0.05, 0) is 86.6 Å². The van der Waals surface area contributed by atoms with Gasteiger partial charge in [0.1, 0.15) is 17.6 Å². The van der Waals surface area contributed by atoms with Crippen molar-refractivity contribution in [1.29, 1.82) is 0 Å². The molecule has 0 amide bonds. The lowest BCUT2D eigenvalue weighted by molar-refractivity contribution is -0.132. The van der Waals surface area contributed by atoms with Gasteiger partial charge in [0.25, 0.3) is 0 Å². The van der Waals surface area contributed by atoms with E-state index < -0.39 is 5.97 Å². The monoisotopic (exact) mass is 381 g/mol. The Hall–Kier alpha value is -2.66. The lowest BCUT2D eigenvalue weighted by atomic mass is 9.84. The van der Waals surface area contributed by atoms with Crippen LogP contribution in [-0.4, -0.2) is 18.3 Å². The Kier molecular flexibility index (Phi) is 5.31. The minimum absolute atomic E-state index is 0.0372. The first-order valence-corrected chi connectivity index (χ1v) is 9.47. The number of fused-ring (bicyclic) bond motifs is 1. The SMILES string of the molecule is Cc1cc(OC(=O)CN)cc2c1C(=O)CC(c1c(C)c(C)c(C)c(C)c1C)O2. The lowest BCUT2D eigenvalue weighted by Gasteiger charge is -2.30. The summed E-state index contributed by atoms with van der Waals surface area (Å²) in [4.78, 5) is 24.5. The van der Waals surface area contributed by atoms with Gasteiger partial charge in [-0.15, -0.1) is 0 Å². The van der Waals surface area contributed by atoms with E-state index in [0.29, 0.717) is 23.5 Å². The molecule has 2 N–H and O–H groups in total. The van der Waals surface area contributed by atoms with E-state index in [0.717, 1.165) is 22.3 Å². The summed E-state index contributed by atoms with van der Waals surface area (Å²) in [6.45, 7) is 12.1. The van der Waals surface area contributed by atoms with Crippen LogP contribution in [0.4, 0.5) is 0 Å². The fourth-order valence-electron chi connectivity index (χ4n) is 4.04. The molecular formula is C23H27NO4. The summed E-state index contributed by atoms with van der Waals surface area (Å²) in [7, 11) is 0. The second-order valence-corrected chi connectivity index (χ2v) is 7.56. The Balaban J connectivity index is 2.08. The molecule has 0 aliphatic carbocycles. The van der Waals surface area contributed by atoms with E-state index in [1.54, 1.807) is 12.1 Å². The zero-order valence-electron chi connectivity index (χ0n) is 17.4. The summed E-state index contributed by atoms with van der Waals surface area (Å²) < 4.78 is 11.5. The molecular weight excluding hydrogens is 354 g/mol. The van der Waals surface area contributed by atoms with Crippen molar-refractivity contribution in [1.82, 2.24) is 0 Å². The van der Waals surface area contributed by atoms with Gasteiger partial charge < -0.3 is 15.2 Å². The number of ether oxygens (including phenoxy) is 2. The molecule has 0 saturated heterocycles. The Morgan fingerprint density at radius 2 is 1.61 bits per heavy atom. The second-order valence-electron chi connectivity index (χ2n) is 7.56. The Bertz CT molecular complexity index is 962. The van der Waals surface area contributed by atoms with Gasteiger partial charge in [-0.3, -0.25) is 9.59 Å². The standard InChI is InChI=1S/C23H27NO4/c1-11-7-17(27-21(26)10-24)8-19-22(11)18(25)9-20(28-19)23-15(5)13(3)12(2)14(4)16(23)6/h7-8,20H,9-10,24H2,1-6H3. The predicted molar refractivity (Wildman–Crippen MR) is 108 cm³/mol. The quantitative estimate of drug-likeness (QED) is 0.639. The van der Waals surface area contributed by atoms with E-state index in [4.69, 9.17) is 15.2 Å². The largest absolute Gasteiger partial charge is 0.484 e. The van der Waals surface area contributed by atoms with E-state index in [1.807, 2.05) is 6.92 Å². The van der Waals surface area contributed by atoms with Crippen LogP contribution in [0.1, 0.15) is 61.8 Å². The highest BCUT2D eigenvalue weighted by atomic mass is 16.5. The molecule has 1 aliphatic heterocycles. The van der Waals surface area contributed by atoms with Crippen molar-refractivity contribution in [2.45, 2.75) is 54.1 Å². The number of carbonyl (C=O) groups excluding carboxylic acids is 2. The third kappa shape index (κ3) is 3.31. The van der Waals surface area contributed by atoms with Crippen molar-refractivity contribution in [3.8, 4) is 11.5 Å². The molecule has 0 bridgehead atoms. The molecule has 0 radical (unpaired) electrons. The van der Waals surface area contributed by atoms with Gasteiger partial charge in [0.2, 0.25) is 0 Å². The lowest BCUT2D eigenvalue weighted by Crippen LogP contribution is -2.24. The highest BCUT2D eigenvalue weighted by Gasteiger charge is 2.32. The van der Waals surface area contributed by atoms with Crippen LogP contribution in [0, 0.1) is 41.5 Å². The van der Waals surface area contributed by atoms with Crippen LogP contribution in [0.25, 0.3) is 0 Å². The van der Waals surface area contributed by atoms with Crippen molar-refractivity contribution < 1.29 is 19.1 Å². The van der Waals surface area contributed by atoms with E-state index in [9.17, 15) is 9.59 Å². The van der Waals surface area contributed by atoms with Crippen LogP contribution < -0.4 is 15.2 Å². The smallest absolute Gasteiger partial charge is 0.325 e. The molecule has 1 atom stereocenters. The molecule has 28 heavy (non-hydrogen) atoms. The van der Waals surface area contributed by atoms with Crippen LogP contribution in [0.15, 0.2) is 12.1 Å². The maximum atomic E-state index is 12.9.